The standard InChI is InChI=1S/C28H22N2O2S2/c31-26(22-14-8-3-9-15-22)29-17-16-23(20-10-4-1-5-11-20)24(18-29)27(32)30-25(19-34-28(30)33)21-12-6-2-7-13-21/h1-18,23,25H,19H2/t23-,25+/m1/s1. The summed E-state index contributed by atoms with van der Waals surface area (Å²) in [5.74, 6) is 0.0679. The van der Waals surface area contributed by atoms with E-state index in [1.165, 1.54) is 16.7 Å². The van der Waals surface area contributed by atoms with E-state index < -0.39 is 0 Å². The van der Waals surface area contributed by atoms with Crippen molar-refractivity contribution < 1.29 is 9.59 Å². The lowest BCUT2D eigenvalue weighted by Gasteiger charge is -2.30. The van der Waals surface area contributed by atoms with E-state index in [1.54, 1.807) is 29.4 Å². The molecule has 0 spiro atoms. The summed E-state index contributed by atoms with van der Waals surface area (Å²) in [5, 5.41) is 0. The van der Waals surface area contributed by atoms with Crippen LogP contribution >= 0.6 is 24.0 Å². The number of thioether (sulfide) groups is 1. The second-order valence-electron chi connectivity index (χ2n) is 8.07. The molecule has 1 fully saturated rings. The van der Waals surface area contributed by atoms with Crippen LogP contribution in [0, 0.1) is 0 Å². The van der Waals surface area contributed by atoms with Crippen molar-refractivity contribution in [1.82, 2.24) is 9.80 Å². The molecule has 0 saturated carbocycles. The van der Waals surface area contributed by atoms with Crippen LogP contribution in [0.5, 0.6) is 0 Å². The highest BCUT2D eigenvalue weighted by molar-refractivity contribution is 8.23. The van der Waals surface area contributed by atoms with Gasteiger partial charge < -0.3 is 0 Å². The van der Waals surface area contributed by atoms with Gasteiger partial charge >= 0.3 is 0 Å². The molecule has 3 aromatic carbocycles. The zero-order valence-corrected chi connectivity index (χ0v) is 19.9. The third-order valence-electron chi connectivity index (χ3n) is 5.99. The van der Waals surface area contributed by atoms with Gasteiger partial charge in [0.05, 0.1) is 6.04 Å². The van der Waals surface area contributed by atoms with Crippen molar-refractivity contribution in [2.75, 3.05) is 5.75 Å². The van der Waals surface area contributed by atoms with Crippen LogP contribution in [0.15, 0.2) is 115 Å². The molecule has 2 amide bonds. The molecule has 34 heavy (non-hydrogen) atoms. The summed E-state index contributed by atoms with van der Waals surface area (Å²) in [6.07, 6.45) is 5.33. The Kier molecular flexibility index (Phi) is 6.43. The second-order valence-corrected chi connectivity index (χ2v) is 9.73. The van der Waals surface area contributed by atoms with E-state index in [2.05, 4.69) is 0 Å². The van der Waals surface area contributed by atoms with Crippen LogP contribution in [-0.2, 0) is 4.79 Å². The molecular formula is C28H22N2O2S2. The molecule has 4 nitrogen and oxygen atoms in total. The summed E-state index contributed by atoms with van der Waals surface area (Å²) in [4.78, 5) is 30.4. The van der Waals surface area contributed by atoms with Crippen LogP contribution in [-0.4, -0.2) is 31.7 Å². The lowest BCUT2D eigenvalue weighted by atomic mass is 9.88. The molecule has 2 aliphatic rings. The summed E-state index contributed by atoms with van der Waals surface area (Å²) < 4.78 is 0.557. The molecule has 1 saturated heterocycles. The van der Waals surface area contributed by atoms with Gasteiger partial charge in [0.25, 0.3) is 11.8 Å². The first-order valence-corrected chi connectivity index (χ1v) is 12.4. The molecular weight excluding hydrogens is 460 g/mol. The normalized spacial score (nSPS) is 19.8. The Morgan fingerprint density at radius 2 is 1.38 bits per heavy atom. The highest BCUT2D eigenvalue weighted by Gasteiger charge is 2.39. The minimum atomic E-state index is -0.279. The number of allylic oxidation sites excluding steroid dienone is 1. The molecule has 0 N–H and O–H groups in total. The third kappa shape index (κ3) is 4.34. The fraction of sp³-hybridized carbons (Fsp3) is 0.107. The maximum Gasteiger partial charge on any atom is 0.261 e. The first-order chi connectivity index (χ1) is 16.6. The molecule has 6 heteroatoms. The van der Waals surface area contributed by atoms with Gasteiger partial charge in [-0.2, -0.15) is 0 Å². The van der Waals surface area contributed by atoms with Crippen molar-refractivity contribution in [2.24, 2.45) is 0 Å². The van der Waals surface area contributed by atoms with Gasteiger partial charge in [-0.05, 0) is 23.3 Å². The number of hydrogen-bond donors (Lipinski definition) is 0. The number of thiocarbonyl (C=S) groups is 1. The van der Waals surface area contributed by atoms with Crippen molar-refractivity contribution in [3.05, 3.63) is 132 Å². The first kappa shape index (κ1) is 22.3. The zero-order chi connectivity index (χ0) is 23.5. The summed E-state index contributed by atoms with van der Waals surface area (Å²) in [6, 6.07) is 28.7. The van der Waals surface area contributed by atoms with Crippen molar-refractivity contribution in [3.8, 4) is 0 Å². The number of nitrogens with zero attached hydrogens (tertiary/aromatic N) is 2. The van der Waals surface area contributed by atoms with E-state index in [0.717, 1.165) is 11.1 Å². The van der Waals surface area contributed by atoms with Crippen molar-refractivity contribution in [2.45, 2.75) is 12.0 Å². The van der Waals surface area contributed by atoms with Crippen LogP contribution in [0.25, 0.3) is 0 Å². The number of amides is 2. The molecule has 5 rings (SSSR count). The minimum Gasteiger partial charge on any atom is -0.290 e. The van der Waals surface area contributed by atoms with Gasteiger partial charge in [0.1, 0.15) is 4.32 Å². The summed E-state index contributed by atoms with van der Waals surface area (Å²) in [6.45, 7) is 0. The van der Waals surface area contributed by atoms with Gasteiger partial charge in [-0.15, -0.1) is 0 Å². The molecule has 2 atom stereocenters. The molecule has 168 valence electrons. The third-order valence-corrected chi connectivity index (χ3v) is 7.47. The quantitative estimate of drug-likeness (QED) is 0.433. The van der Waals surface area contributed by atoms with E-state index in [1.807, 2.05) is 84.9 Å². The Morgan fingerprint density at radius 3 is 2.03 bits per heavy atom. The maximum absolute atomic E-state index is 14.1. The Bertz CT molecular complexity index is 1270. The van der Waals surface area contributed by atoms with Gasteiger partial charge in [0.15, 0.2) is 0 Å². The van der Waals surface area contributed by atoms with Crippen LogP contribution < -0.4 is 0 Å². The van der Waals surface area contributed by atoms with Crippen LogP contribution in [0.4, 0.5) is 0 Å². The van der Waals surface area contributed by atoms with Crippen molar-refractivity contribution >= 4 is 40.1 Å². The Labute approximate surface area is 208 Å². The van der Waals surface area contributed by atoms with E-state index >= 15 is 0 Å². The highest BCUT2D eigenvalue weighted by atomic mass is 32.2. The zero-order valence-electron chi connectivity index (χ0n) is 18.3. The molecule has 0 unspecified atom stereocenters. The van der Waals surface area contributed by atoms with Gasteiger partial charge in [-0.1, -0.05) is 109 Å². The van der Waals surface area contributed by atoms with Crippen LogP contribution in [0.3, 0.4) is 0 Å². The topological polar surface area (TPSA) is 40.6 Å². The van der Waals surface area contributed by atoms with Gasteiger partial charge in [0.2, 0.25) is 0 Å². The van der Waals surface area contributed by atoms with E-state index in [4.69, 9.17) is 12.2 Å². The maximum atomic E-state index is 14.1. The average Bonchev–Trinajstić information content (AvgIpc) is 3.30. The molecule has 3 aromatic rings. The SMILES string of the molecule is O=C(c1ccccc1)N1C=C[C@H](c2ccccc2)C(C(=O)N2C(=S)SC[C@H]2c2ccccc2)=C1. The van der Waals surface area contributed by atoms with Crippen LogP contribution in [0.1, 0.15) is 33.4 Å². The summed E-state index contributed by atoms with van der Waals surface area (Å²) >= 11 is 7.13. The van der Waals surface area contributed by atoms with E-state index in [-0.39, 0.29) is 23.8 Å². The van der Waals surface area contributed by atoms with Crippen LogP contribution in [0.2, 0.25) is 0 Å². The molecule has 0 aliphatic carbocycles. The highest BCUT2D eigenvalue weighted by Crippen LogP contribution is 2.39. The predicted molar refractivity (Wildman–Crippen MR) is 140 cm³/mol. The smallest absolute Gasteiger partial charge is 0.261 e. The Morgan fingerprint density at radius 1 is 0.794 bits per heavy atom. The largest absolute Gasteiger partial charge is 0.290 e. The molecule has 0 radical (unpaired) electrons. The summed E-state index contributed by atoms with van der Waals surface area (Å²) in [5.41, 5.74) is 3.11. The fourth-order valence-corrected chi connectivity index (χ4v) is 5.66. The van der Waals surface area contributed by atoms with Crippen molar-refractivity contribution in [3.63, 3.8) is 0 Å². The van der Waals surface area contributed by atoms with Gasteiger partial charge in [-0.3, -0.25) is 19.4 Å². The fourth-order valence-electron chi connectivity index (χ4n) is 4.26. The first-order valence-electron chi connectivity index (χ1n) is 11.0. The monoisotopic (exact) mass is 482 g/mol. The number of benzene rings is 3. The minimum absolute atomic E-state index is 0.146. The number of hydrogen-bond acceptors (Lipinski definition) is 4. The number of carbonyl (C=O) groups is 2. The number of rotatable bonds is 4. The average molecular weight is 483 g/mol. The Hall–Kier alpha value is -3.48. The van der Waals surface area contributed by atoms with E-state index in [9.17, 15) is 9.59 Å². The number of carbonyl (C=O) groups excluding carboxylic acids is 2. The van der Waals surface area contributed by atoms with Crippen molar-refractivity contribution in [1.29, 1.82) is 0 Å². The molecule has 2 aliphatic heterocycles. The lowest BCUT2D eigenvalue weighted by molar-refractivity contribution is -0.124. The second kappa shape index (κ2) is 9.79. The van der Waals surface area contributed by atoms with E-state index in [0.29, 0.717) is 21.2 Å². The molecule has 0 aromatic heterocycles. The van der Waals surface area contributed by atoms with Gasteiger partial charge in [0, 0.05) is 35.2 Å². The predicted octanol–water partition coefficient (Wildman–Crippen LogP) is 5.93. The molecule has 2 heterocycles. The molecule has 0 bridgehead atoms. The lowest BCUT2D eigenvalue weighted by Crippen LogP contribution is -2.37. The summed E-state index contributed by atoms with van der Waals surface area (Å²) in [7, 11) is 0. The Balaban J connectivity index is 1.54. The van der Waals surface area contributed by atoms with Gasteiger partial charge in [-0.25, -0.2) is 0 Å².